The monoisotopic (exact) mass is 323 g/mol. The van der Waals surface area contributed by atoms with Crippen LogP contribution in [0, 0.1) is 5.92 Å². The number of hydrogen-bond acceptors (Lipinski definition) is 3. The summed E-state index contributed by atoms with van der Waals surface area (Å²) in [4.78, 5) is 18.4. The lowest BCUT2D eigenvalue weighted by Gasteiger charge is -2.23. The van der Waals surface area contributed by atoms with Crippen LogP contribution in [0.15, 0.2) is 29.3 Å². The normalized spacial score (nSPS) is 22.0. The first kappa shape index (κ1) is 17.4. The second-order valence-electron chi connectivity index (χ2n) is 6.82. The number of guanidine groups is 1. The second-order valence-corrected chi connectivity index (χ2v) is 6.82. The van der Waals surface area contributed by atoms with Gasteiger partial charge in [-0.25, -0.2) is 13.8 Å². The molecule has 2 N–H and O–H groups in total. The molecule has 0 saturated heterocycles. The molecular formula is C17H23F2N3O. The van der Waals surface area contributed by atoms with Crippen LogP contribution in [-0.4, -0.2) is 22.3 Å². The second kappa shape index (κ2) is 5.91. The van der Waals surface area contributed by atoms with Gasteiger partial charge in [0.25, 0.3) is 11.8 Å². The van der Waals surface area contributed by atoms with E-state index in [0.717, 1.165) is 12.5 Å². The summed E-state index contributed by atoms with van der Waals surface area (Å²) in [6, 6.07) is 5.92. The van der Waals surface area contributed by atoms with Gasteiger partial charge in [0, 0.05) is 12.5 Å². The number of hydrogen-bond donors (Lipinski definition) is 1. The molecule has 1 aliphatic heterocycles. The van der Waals surface area contributed by atoms with Crippen molar-refractivity contribution in [1.29, 1.82) is 0 Å². The SMILES string of the molecule is CC(C)CC1(C)N=C(N)N(Cc2ccc(C(C)(F)F)cc2)C1=O. The van der Waals surface area contributed by atoms with E-state index in [-0.39, 0.29) is 24.0 Å². The van der Waals surface area contributed by atoms with Gasteiger partial charge in [-0.1, -0.05) is 38.1 Å². The highest BCUT2D eigenvalue weighted by Crippen LogP contribution is 2.30. The Labute approximate surface area is 135 Å². The Morgan fingerprint density at radius 2 is 1.87 bits per heavy atom. The molecule has 0 saturated carbocycles. The van der Waals surface area contributed by atoms with Crippen LogP contribution in [0.25, 0.3) is 0 Å². The van der Waals surface area contributed by atoms with E-state index < -0.39 is 11.5 Å². The zero-order valence-electron chi connectivity index (χ0n) is 13.9. The van der Waals surface area contributed by atoms with Crippen LogP contribution >= 0.6 is 0 Å². The number of carbonyl (C=O) groups is 1. The third-order valence-electron chi connectivity index (χ3n) is 3.95. The molecule has 0 fully saturated rings. The van der Waals surface area contributed by atoms with Crippen molar-refractivity contribution in [2.75, 3.05) is 0 Å². The summed E-state index contributed by atoms with van der Waals surface area (Å²) in [5.41, 5.74) is 5.74. The summed E-state index contributed by atoms with van der Waals surface area (Å²) in [5.74, 6) is -2.53. The quantitative estimate of drug-likeness (QED) is 0.904. The molecule has 1 aromatic carbocycles. The number of nitrogens with two attached hydrogens (primary N) is 1. The number of nitrogens with zero attached hydrogens (tertiary/aromatic N) is 2. The minimum atomic E-state index is -2.88. The number of benzene rings is 1. The predicted octanol–water partition coefficient (Wildman–Crippen LogP) is 3.26. The molecule has 0 bridgehead atoms. The Bertz CT molecular complexity index is 620. The minimum Gasteiger partial charge on any atom is -0.369 e. The molecule has 126 valence electrons. The molecule has 1 unspecified atom stereocenters. The molecule has 0 aromatic heterocycles. The molecule has 6 heteroatoms. The van der Waals surface area contributed by atoms with Gasteiger partial charge >= 0.3 is 0 Å². The largest absolute Gasteiger partial charge is 0.369 e. The number of carbonyl (C=O) groups excluding carboxylic acids is 1. The van der Waals surface area contributed by atoms with E-state index in [1.165, 1.54) is 17.0 Å². The van der Waals surface area contributed by atoms with Crippen molar-refractivity contribution in [1.82, 2.24) is 4.90 Å². The third kappa shape index (κ3) is 3.68. The van der Waals surface area contributed by atoms with E-state index in [1.807, 2.05) is 13.8 Å². The predicted molar refractivity (Wildman–Crippen MR) is 86.0 cm³/mol. The zero-order valence-corrected chi connectivity index (χ0v) is 13.9. The van der Waals surface area contributed by atoms with Gasteiger partial charge in [0.1, 0.15) is 5.54 Å². The van der Waals surface area contributed by atoms with Crippen LogP contribution < -0.4 is 5.73 Å². The summed E-state index contributed by atoms with van der Waals surface area (Å²) in [7, 11) is 0. The van der Waals surface area contributed by atoms with Crippen molar-refractivity contribution in [3.8, 4) is 0 Å². The zero-order chi connectivity index (χ0) is 17.4. The number of aliphatic imine (C=N–C) groups is 1. The van der Waals surface area contributed by atoms with Gasteiger partial charge in [0.05, 0.1) is 6.54 Å². The average Bonchev–Trinajstić information content (AvgIpc) is 2.61. The van der Waals surface area contributed by atoms with E-state index >= 15 is 0 Å². The van der Waals surface area contributed by atoms with E-state index in [2.05, 4.69) is 4.99 Å². The fourth-order valence-electron chi connectivity index (χ4n) is 2.92. The van der Waals surface area contributed by atoms with Crippen LogP contribution in [0.2, 0.25) is 0 Å². The van der Waals surface area contributed by atoms with Gasteiger partial charge in [-0.3, -0.25) is 9.69 Å². The maximum Gasteiger partial charge on any atom is 0.270 e. The lowest BCUT2D eigenvalue weighted by atomic mass is 9.91. The van der Waals surface area contributed by atoms with E-state index in [0.29, 0.717) is 12.3 Å². The fourth-order valence-corrected chi connectivity index (χ4v) is 2.92. The molecule has 23 heavy (non-hydrogen) atoms. The van der Waals surface area contributed by atoms with Crippen LogP contribution in [-0.2, 0) is 17.3 Å². The van der Waals surface area contributed by atoms with Crippen LogP contribution in [0.5, 0.6) is 0 Å². The lowest BCUT2D eigenvalue weighted by molar-refractivity contribution is -0.131. The molecule has 0 spiro atoms. The van der Waals surface area contributed by atoms with Crippen molar-refractivity contribution >= 4 is 11.9 Å². The summed E-state index contributed by atoms with van der Waals surface area (Å²) in [6.07, 6.45) is 0.615. The van der Waals surface area contributed by atoms with Crippen molar-refractivity contribution in [3.63, 3.8) is 0 Å². The maximum atomic E-state index is 13.2. The molecule has 0 aliphatic carbocycles. The third-order valence-corrected chi connectivity index (χ3v) is 3.95. The molecule has 1 aliphatic rings. The van der Waals surface area contributed by atoms with Crippen molar-refractivity contribution in [2.24, 2.45) is 16.6 Å². The maximum absolute atomic E-state index is 13.2. The van der Waals surface area contributed by atoms with Gasteiger partial charge in [-0.2, -0.15) is 0 Å². The molecule has 2 rings (SSSR count). The van der Waals surface area contributed by atoms with Gasteiger partial charge in [-0.05, 0) is 24.8 Å². The molecule has 1 aromatic rings. The van der Waals surface area contributed by atoms with Gasteiger partial charge < -0.3 is 5.73 Å². The molecular weight excluding hydrogens is 300 g/mol. The Hall–Kier alpha value is -1.98. The van der Waals surface area contributed by atoms with E-state index in [9.17, 15) is 13.6 Å². The Morgan fingerprint density at radius 1 is 1.30 bits per heavy atom. The molecule has 1 amide bonds. The topological polar surface area (TPSA) is 58.7 Å². The first-order valence-electron chi connectivity index (χ1n) is 7.67. The van der Waals surface area contributed by atoms with Crippen molar-refractivity contribution in [2.45, 2.75) is 52.1 Å². The molecule has 4 nitrogen and oxygen atoms in total. The smallest absolute Gasteiger partial charge is 0.270 e. The Morgan fingerprint density at radius 3 is 2.35 bits per heavy atom. The van der Waals surface area contributed by atoms with Crippen LogP contribution in [0.3, 0.4) is 0 Å². The first-order chi connectivity index (χ1) is 10.5. The van der Waals surface area contributed by atoms with Crippen molar-refractivity contribution in [3.05, 3.63) is 35.4 Å². The van der Waals surface area contributed by atoms with Gasteiger partial charge in [-0.15, -0.1) is 0 Å². The summed E-state index contributed by atoms with van der Waals surface area (Å²) < 4.78 is 26.5. The first-order valence-corrected chi connectivity index (χ1v) is 7.67. The molecule has 1 atom stereocenters. The van der Waals surface area contributed by atoms with Crippen LogP contribution in [0.1, 0.15) is 45.2 Å². The van der Waals surface area contributed by atoms with Crippen molar-refractivity contribution < 1.29 is 13.6 Å². The standard InChI is InChI=1S/C17H23F2N3O/c1-11(2)9-16(3)14(23)22(15(20)21-16)10-12-5-7-13(8-6-12)17(4,18)19/h5-8,11H,9-10H2,1-4H3,(H2,20,21). The molecule has 0 radical (unpaired) electrons. The summed E-state index contributed by atoms with van der Waals surface area (Å²) in [6.45, 7) is 6.92. The number of halogens is 2. The lowest BCUT2D eigenvalue weighted by Crippen LogP contribution is -2.43. The van der Waals surface area contributed by atoms with Gasteiger partial charge in [0.2, 0.25) is 0 Å². The average molecular weight is 323 g/mol. The fraction of sp³-hybridized carbons (Fsp3) is 0.529. The summed E-state index contributed by atoms with van der Waals surface area (Å²) >= 11 is 0. The van der Waals surface area contributed by atoms with E-state index in [4.69, 9.17) is 5.73 Å². The highest BCUT2D eigenvalue weighted by molar-refractivity contribution is 6.06. The highest BCUT2D eigenvalue weighted by atomic mass is 19.3. The highest BCUT2D eigenvalue weighted by Gasteiger charge is 2.44. The minimum absolute atomic E-state index is 0.0553. The van der Waals surface area contributed by atoms with Gasteiger partial charge in [0.15, 0.2) is 5.96 Å². The molecule has 1 heterocycles. The summed E-state index contributed by atoms with van der Waals surface area (Å²) in [5, 5.41) is 0. The van der Waals surface area contributed by atoms with E-state index in [1.54, 1.807) is 19.1 Å². The van der Waals surface area contributed by atoms with Crippen LogP contribution in [0.4, 0.5) is 8.78 Å². The number of amides is 1. The Balaban J connectivity index is 2.15. The number of rotatable bonds is 5. The Kier molecular flexibility index (Phi) is 4.46. The number of alkyl halides is 2.